The minimum absolute atomic E-state index is 0.0925. The first-order chi connectivity index (χ1) is 16.3. The number of nitrogens with one attached hydrogen (secondary N) is 3. The van der Waals surface area contributed by atoms with Crippen molar-refractivity contribution in [3.05, 3.63) is 35.7 Å². The third-order valence-corrected chi connectivity index (χ3v) is 6.84. The first kappa shape index (κ1) is 21.0. The van der Waals surface area contributed by atoms with Gasteiger partial charge in [0.1, 0.15) is 26.7 Å². The Bertz CT molecular complexity index is 1450. The summed E-state index contributed by atoms with van der Waals surface area (Å²) in [6.45, 7) is 0. The largest absolute Gasteiger partial charge is 0.385 e. The summed E-state index contributed by atoms with van der Waals surface area (Å²) in [6, 6.07) is 5.86. The third-order valence-electron chi connectivity index (χ3n) is 6.84. The topological polar surface area (TPSA) is 123 Å². The van der Waals surface area contributed by atoms with Gasteiger partial charge in [-0.1, -0.05) is 5.21 Å². The average Bonchev–Trinajstić information content (AvgIpc) is 3.51. The molecule has 0 radical (unpaired) electrons. The molecule has 4 heterocycles. The second-order valence-electron chi connectivity index (χ2n) is 9.48. The maximum atomic E-state index is 13.3. The second-order valence-corrected chi connectivity index (χ2v) is 9.48. The first-order valence-corrected chi connectivity index (χ1v) is 11.5. The monoisotopic (exact) mass is 457 g/mol. The molecule has 2 aliphatic rings. The Morgan fingerprint density at radius 3 is 2.94 bits per heavy atom. The van der Waals surface area contributed by atoms with E-state index in [-0.39, 0.29) is 18.1 Å². The number of aromatic nitrogens is 6. The highest BCUT2D eigenvalue weighted by atomic mass is 16.5. The molecular weight excluding hydrogens is 432 g/mol. The average molecular weight is 457 g/mol. The van der Waals surface area contributed by atoms with Crippen LogP contribution in [0.5, 0.6) is 0 Å². The van der Waals surface area contributed by atoms with Crippen molar-refractivity contribution in [1.29, 1.82) is 0 Å². The maximum Gasteiger partial charge on any atom is 0.271 e. The van der Waals surface area contributed by atoms with Crippen LogP contribution < -0.4 is 16.0 Å². The fraction of sp³-hybridized carbons (Fsp3) is 0.381. The lowest BCUT2D eigenvalue weighted by molar-refractivity contribution is -0.00593. The number of aryl methyl sites for hydroxylation is 1. The number of ether oxygens (including phenoxy) is 1. The number of anilines is 3. The SMILES string of the molecule is BC1(B)O[C@@H]2CCC[C@H]2NC(=O)c2cnc3c(NC)cc(nn23)Nc2cc1cc1nnn(C)c21. The summed E-state index contributed by atoms with van der Waals surface area (Å²) < 4.78 is 9.96. The van der Waals surface area contributed by atoms with Crippen LogP contribution in [0, 0.1) is 0 Å². The first-order valence-electron chi connectivity index (χ1n) is 11.5. The van der Waals surface area contributed by atoms with E-state index in [0.717, 1.165) is 47.2 Å². The summed E-state index contributed by atoms with van der Waals surface area (Å²) in [4.78, 5) is 17.7. The van der Waals surface area contributed by atoms with E-state index in [1.54, 1.807) is 15.4 Å². The summed E-state index contributed by atoms with van der Waals surface area (Å²) in [5.74, 6) is 0.337. The van der Waals surface area contributed by atoms with Crippen LogP contribution in [0.25, 0.3) is 16.7 Å². The number of hydrogen-bond donors (Lipinski definition) is 3. The second kappa shape index (κ2) is 7.45. The zero-order chi connectivity index (χ0) is 23.6. The van der Waals surface area contributed by atoms with Crippen LogP contribution in [-0.4, -0.2) is 70.4 Å². The Morgan fingerprint density at radius 2 is 2.12 bits per heavy atom. The summed E-state index contributed by atoms with van der Waals surface area (Å²) in [7, 11) is 7.78. The van der Waals surface area contributed by atoms with Crippen LogP contribution in [0.2, 0.25) is 0 Å². The number of carbonyl (C=O) groups is 1. The number of amides is 1. The molecule has 34 heavy (non-hydrogen) atoms. The van der Waals surface area contributed by atoms with E-state index >= 15 is 0 Å². The summed E-state index contributed by atoms with van der Waals surface area (Å²) in [5, 5.41) is 22.5. The standard InChI is InChI=1S/C21H25B2N9O2/c1-24-14-8-17-26-12-6-10(7-13-18(12)31(2)30-28-13)21(22,23)34-16-5-3-4-11(16)27-20(33)15-9-25-19(14)32(15)29-17/h6-9,11,16,24H,3-5,22-23H2,1-2H3,(H,26,29)(H,27,33)/t11-,16-/m1/s1. The van der Waals surface area contributed by atoms with Gasteiger partial charge in [-0.3, -0.25) is 4.79 Å². The van der Waals surface area contributed by atoms with Crippen LogP contribution in [0.1, 0.15) is 35.3 Å². The van der Waals surface area contributed by atoms with E-state index in [2.05, 4.69) is 53.0 Å². The normalized spacial score (nSPS) is 21.8. The molecular formula is C21H25B2N9O2. The van der Waals surface area contributed by atoms with Crippen molar-refractivity contribution in [3.8, 4) is 0 Å². The lowest BCUT2D eigenvalue weighted by Crippen LogP contribution is -2.46. The number of fused-ring (bicyclic) bond motifs is 6. The van der Waals surface area contributed by atoms with E-state index in [9.17, 15) is 4.79 Å². The fourth-order valence-electron chi connectivity index (χ4n) is 5.07. The molecule has 0 spiro atoms. The number of nitrogens with zero attached hydrogens (tertiary/aromatic N) is 6. The minimum Gasteiger partial charge on any atom is -0.385 e. The van der Waals surface area contributed by atoms with Crippen LogP contribution in [-0.2, 0) is 17.2 Å². The highest BCUT2D eigenvalue weighted by molar-refractivity contribution is 6.39. The quantitative estimate of drug-likeness (QED) is 0.338. The molecule has 2 atom stereocenters. The number of benzene rings is 1. The van der Waals surface area contributed by atoms with Crippen molar-refractivity contribution in [2.75, 3.05) is 17.7 Å². The van der Waals surface area contributed by atoms with Crippen LogP contribution in [0.15, 0.2) is 24.4 Å². The van der Waals surface area contributed by atoms with Crippen LogP contribution in [0.4, 0.5) is 17.2 Å². The number of rotatable bonds is 1. The molecule has 1 aliphatic carbocycles. The van der Waals surface area contributed by atoms with Gasteiger partial charge < -0.3 is 20.7 Å². The van der Waals surface area contributed by atoms with Gasteiger partial charge in [0.2, 0.25) is 0 Å². The molecule has 11 nitrogen and oxygen atoms in total. The van der Waals surface area contributed by atoms with E-state index in [4.69, 9.17) is 9.84 Å². The maximum absolute atomic E-state index is 13.3. The predicted octanol–water partition coefficient (Wildman–Crippen LogP) is -0.146. The molecule has 1 saturated carbocycles. The van der Waals surface area contributed by atoms with E-state index < -0.39 is 5.40 Å². The Balaban J connectivity index is 1.60. The highest BCUT2D eigenvalue weighted by Gasteiger charge is 2.36. The van der Waals surface area contributed by atoms with Crippen molar-refractivity contribution in [2.24, 2.45) is 7.05 Å². The van der Waals surface area contributed by atoms with Crippen molar-refractivity contribution in [1.82, 2.24) is 34.9 Å². The van der Waals surface area contributed by atoms with Crippen LogP contribution >= 0.6 is 0 Å². The lowest BCUT2D eigenvalue weighted by atomic mass is 9.61. The Hall–Kier alpha value is -3.60. The van der Waals surface area contributed by atoms with Gasteiger partial charge in [0.05, 0.1) is 29.7 Å². The molecule has 1 amide bonds. The molecule has 0 saturated heterocycles. The van der Waals surface area contributed by atoms with Gasteiger partial charge in [-0.05, 0) is 37.0 Å². The molecule has 13 heteroatoms. The summed E-state index contributed by atoms with van der Waals surface area (Å²) in [5.41, 5.74) is 5.08. The smallest absolute Gasteiger partial charge is 0.271 e. The van der Waals surface area contributed by atoms with Crippen molar-refractivity contribution in [3.63, 3.8) is 0 Å². The summed E-state index contributed by atoms with van der Waals surface area (Å²) >= 11 is 0. The molecule has 4 aromatic rings. The number of imidazole rings is 1. The zero-order valence-corrected chi connectivity index (χ0v) is 19.6. The highest BCUT2D eigenvalue weighted by Crippen LogP contribution is 2.35. The minimum atomic E-state index is -0.612. The van der Waals surface area contributed by atoms with Gasteiger partial charge in [-0.2, -0.15) is 0 Å². The van der Waals surface area contributed by atoms with Crippen LogP contribution in [0.3, 0.4) is 0 Å². The summed E-state index contributed by atoms with van der Waals surface area (Å²) in [6.07, 6.45) is 4.19. The molecule has 1 aromatic carbocycles. The number of carbonyl (C=O) groups excluding carboxylic acids is 1. The van der Waals surface area contributed by atoms with Gasteiger partial charge >= 0.3 is 0 Å². The Kier molecular flexibility index (Phi) is 4.60. The van der Waals surface area contributed by atoms with Crippen molar-refractivity contribution in [2.45, 2.75) is 36.8 Å². The van der Waals surface area contributed by atoms with E-state index in [1.807, 2.05) is 26.2 Å². The zero-order valence-electron chi connectivity index (χ0n) is 19.6. The van der Waals surface area contributed by atoms with Gasteiger partial charge in [0, 0.05) is 25.6 Å². The molecule has 0 unspecified atom stereocenters. The third kappa shape index (κ3) is 3.22. The van der Waals surface area contributed by atoms with Crippen molar-refractivity contribution < 1.29 is 9.53 Å². The Labute approximate surface area is 197 Å². The molecule has 6 rings (SSSR count). The van der Waals surface area contributed by atoms with Crippen molar-refractivity contribution >= 4 is 55.5 Å². The fourth-order valence-corrected chi connectivity index (χ4v) is 5.07. The molecule has 3 aromatic heterocycles. The van der Waals surface area contributed by atoms with Gasteiger partial charge in [-0.25, -0.2) is 14.2 Å². The molecule has 4 bridgehead atoms. The van der Waals surface area contributed by atoms with Gasteiger partial charge in [0.15, 0.2) is 17.2 Å². The van der Waals surface area contributed by atoms with E-state index in [0.29, 0.717) is 17.2 Å². The lowest BCUT2D eigenvalue weighted by Gasteiger charge is -2.33. The number of hydrogen-bond acceptors (Lipinski definition) is 8. The molecule has 1 aliphatic heterocycles. The molecule has 3 N–H and O–H groups in total. The van der Waals surface area contributed by atoms with Gasteiger partial charge in [-0.15, -0.1) is 10.2 Å². The Morgan fingerprint density at radius 1 is 1.26 bits per heavy atom. The van der Waals surface area contributed by atoms with Gasteiger partial charge in [0.25, 0.3) is 5.91 Å². The molecule has 172 valence electrons. The predicted molar refractivity (Wildman–Crippen MR) is 133 cm³/mol. The molecule has 1 fully saturated rings. The van der Waals surface area contributed by atoms with E-state index in [1.165, 1.54) is 0 Å².